The number of carbonyl (C=O) groups excluding carboxylic acids is 1. The van der Waals surface area contributed by atoms with Gasteiger partial charge < -0.3 is 20.1 Å². The van der Waals surface area contributed by atoms with Crippen LogP contribution in [0.4, 0.5) is 10.5 Å². The number of rotatable bonds is 6. The minimum atomic E-state index is -0.274. The minimum Gasteiger partial charge on any atom is -0.489 e. The second kappa shape index (κ2) is 8.41. The fraction of sp³-hybridized carbons (Fsp3) is 0.235. The Labute approximate surface area is 140 Å². The van der Waals surface area contributed by atoms with Crippen LogP contribution in [0.2, 0.25) is 5.02 Å². The lowest BCUT2D eigenvalue weighted by atomic mass is 10.2. The van der Waals surface area contributed by atoms with E-state index in [0.29, 0.717) is 23.1 Å². The fourth-order valence-corrected chi connectivity index (χ4v) is 2.07. The maximum absolute atomic E-state index is 11.8. The van der Waals surface area contributed by atoms with E-state index in [-0.39, 0.29) is 19.2 Å². The van der Waals surface area contributed by atoms with E-state index >= 15 is 0 Å². The van der Waals surface area contributed by atoms with Crippen LogP contribution >= 0.6 is 11.6 Å². The lowest BCUT2D eigenvalue weighted by Gasteiger charge is -2.16. The normalized spacial score (nSPS) is 10.2. The molecule has 0 spiro atoms. The third kappa shape index (κ3) is 5.16. The molecule has 0 saturated carbocycles. The van der Waals surface area contributed by atoms with Crippen molar-refractivity contribution in [1.29, 1.82) is 0 Å². The largest absolute Gasteiger partial charge is 0.489 e. The number of amides is 2. The van der Waals surface area contributed by atoms with Crippen LogP contribution in [0.25, 0.3) is 0 Å². The van der Waals surface area contributed by atoms with Gasteiger partial charge in [-0.3, -0.25) is 0 Å². The van der Waals surface area contributed by atoms with Crippen molar-refractivity contribution in [3.8, 4) is 5.75 Å². The Morgan fingerprint density at radius 2 is 1.91 bits per heavy atom. The van der Waals surface area contributed by atoms with Crippen molar-refractivity contribution in [2.45, 2.75) is 6.61 Å². The molecular weight excluding hydrogens is 316 g/mol. The highest BCUT2D eigenvalue weighted by molar-refractivity contribution is 6.31. The van der Waals surface area contributed by atoms with E-state index in [1.807, 2.05) is 24.3 Å². The number of ether oxygens (including phenoxy) is 1. The van der Waals surface area contributed by atoms with Crippen molar-refractivity contribution in [3.05, 3.63) is 59.1 Å². The molecule has 0 aromatic heterocycles. The zero-order valence-corrected chi connectivity index (χ0v) is 13.6. The first-order valence-corrected chi connectivity index (χ1v) is 7.57. The Balaban J connectivity index is 1.89. The van der Waals surface area contributed by atoms with Crippen LogP contribution in [0, 0.1) is 0 Å². The van der Waals surface area contributed by atoms with Gasteiger partial charge in [-0.2, -0.15) is 0 Å². The number of halogens is 1. The van der Waals surface area contributed by atoms with Gasteiger partial charge in [0.05, 0.1) is 6.61 Å². The highest BCUT2D eigenvalue weighted by atomic mass is 35.5. The molecule has 0 radical (unpaired) electrons. The number of likely N-dealkylation sites (N-methyl/N-ethyl adjacent to an activating group) is 1. The summed E-state index contributed by atoms with van der Waals surface area (Å²) < 4.78 is 5.68. The van der Waals surface area contributed by atoms with Crippen LogP contribution in [0.1, 0.15) is 5.56 Å². The standard InChI is InChI=1S/C17H19ClN2O3/c1-20(10-11-21)17(22)19-14-6-8-15(9-7-14)23-12-13-4-2-3-5-16(13)18/h2-9,21H,10-12H2,1H3,(H,19,22). The number of hydrogen-bond acceptors (Lipinski definition) is 3. The average molecular weight is 335 g/mol. The zero-order chi connectivity index (χ0) is 16.7. The molecule has 122 valence electrons. The summed E-state index contributed by atoms with van der Waals surface area (Å²) in [6.45, 7) is 0.591. The molecule has 2 rings (SSSR count). The number of hydrogen-bond donors (Lipinski definition) is 2. The van der Waals surface area contributed by atoms with Gasteiger partial charge in [-0.05, 0) is 30.3 Å². The maximum atomic E-state index is 11.8. The SMILES string of the molecule is CN(CCO)C(=O)Nc1ccc(OCc2ccccc2Cl)cc1. The minimum absolute atomic E-state index is 0.0707. The Bertz CT molecular complexity index is 647. The van der Waals surface area contributed by atoms with E-state index in [4.69, 9.17) is 21.4 Å². The van der Waals surface area contributed by atoms with Crippen molar-refractivity contribution >= 4 is 23.3 Å². The summed E-state index contributed by atoms with van der Waals surface area (Å²) in [5, 5.41) is 12.2. The molecule has 5 nitrogen and oxygen atoms in total. The third-order valence-corrected chi connectivity index (χ3v) is 3.61. The van der Waals surface area contributed by atoms with Crippen LogP contribution in [0.3, 0.4) is 0 Å². The molecule has 6 heteroatoms. The lowest BCUT2D eigenvalue weighted by molar-refractivity contribution is 0.202. The number of anilines is 1. The van der Waals surface area contributed by atoms with E-state index in [0.717, 1.165) is 5.56 Å². The molecule has 2 aromatic carbocycles. The Hall–Kier alpha value is -2.24. The maximum Gasteiger partial charge on any atom is 0.321 e. The van der Waals surface area contributed by atoms with Gasteiger partial charge in [-0.25, -0.2) is 4.79 Å². The van der Waals surface area contributed by atoms with E-state index in [2.05, 4.69) is 5.32 Å². The van der Waals surface area contributed by atoms with Crippen molar-refractivity contribution in [2.75, 3.05) is 25.5 Å². The number of nitrogens with zero attached hydrogens (tertiary/aromatic N) is 1. The molecule has 2 N–H and O–H groups in total. The van der Waals surface area contributed by atoms with Crippen LogP contribution in [-0.2, 0) is 6.61 Å². The summed E-state index contributed by atoms with van der Waals surface area (Å²) in [6, 6.07) is 14.3. The molecule has 23 heavy (non-hydrogen) atoms. The van der Waals surface area contributed by atoms with Crippen molar-refractivity contribution in [3.63, 3.8) is 0 Å². The van der Waals surface area contributed by atoms with E-state index < -0.39 is 0 Å². The fourth-order valence-electron chi connectivity index (χ4n) is 1.88. The first-order chi connectivity index (χ1) is 11.1. The number of urea groups is 1. The van der Waals surface area contributed by atoms with Crippen LogP contribution < -0.4 is 10.1 Å². The second-order valence-electron chi connectivity index (χ2n) is 4.98. The van der Waals surface area contributed by atoms with Crippen LogP contribution in [0.15, 0.2) is 48.5 Å². The third-order valence-electron chi connectivity index (χ3n) is 3.24. The number of carbonyl (C=O) groups is 1. The van der Waals surface area contributed by atoms with E-state index in [1.165, 1.54) is 4.90 Å². The molecule has 2 amide bonds. The van der Waals surface area contributed by atoms with Gasteiger partial charge in [0.2, 0.25) is 0 Å². The molecule has 0 fully saturated rings. The van der Waals surface area contributed by atoms with E-state index in [1.54, 1.807) is 31.3 Å². The molecule has 0 bridgehead atoms. The highest BCUT2D eigenvalue weighted by Crippen LogP contribution is 2.20. The smallest absolute Gasteiger partial charge is 0.321 e. The highest BCUT2D eigenvalue weighted by Gasteiger charge is 2.08. The number of aliphatic hydroxyl groups excluding tert-OH is 1. The van der Waals surface area contributed by atoms with Gasteiger partial charge >= 0.3 is 6.03 Å². The summed E-state index contributed by atoms with van der Waals surface area (Å²) in [7, 11) is 1.62. The van der Waals surface area contributed by atoms with Crippen molar-refractivity contribution in [2.24, 2.45) is 0 Å². The summed E-state index contributed by atoms with van der Waals surface area (Å²) in [5.41, 5.74) is 1.57. The molecule has 0 aliphatic heterocycles. The average Bonchev–Trinajstić information content (AvgIpc) is 2.55. The first-order valence-electron chi connectivity index (χ1n) is 7.19. The lowest BCUT2D eigenvalue weighted by Crippen LogP contribution is -2.33. The summed E-state index contributed by atoms with van der Waals surface area (Å²) in [5.74, 6) is 0.687. The molecule has 2 aromatic rings. The van der Waals surface area contributed by atoms with Gasteiger partial charge in [0.15, 0.2) is 0 Å². The topological polar surface area (TPSA) is 61.8 Å². The van der Waals surface area contributed by atoms with Gasteiger partial charge in [0.1, 0.15) is 12.4 Å². The molecule has 0 atom stereocenters. The zero-order valence-electron chi connectivity index (χ0n) is 12.8. The number of aliphatic hydroxyl groups is 1. The molecule has 0 aliphatic rings. The summed E-state index contributed by atoms with van der Waals surface area (Å²) in [4.78, 5) is 13.2. The van der Waals surface area contributed by atoms with Crippen LogP contribution in [-0.4, -0.2) is 36.2 Å². The molecule has 0 heterocycles. The number of benzene rings is 2. The monoisotopic (exact) mass is 334 g/mol. The van der Waals surface area contributed by atoms with Gasteiger partial charge in [0, 0.05) is 29.9 Å². The van der Waals surface area contributed by atoms with Crippen molar-refractivity contribution < 1.29 is 14.6 Å². The molecule has 0 saturated heterocycles. The molecule has 0 unspecified atom stereocenters. The molecular formula is C17H19ClN2O3. The van der Waals surface area contributed by atoms with Crippen molar-refractivity contribution in [1.82, 2.24) is 4.90 Å². The Morgan fingerprint density at radius 3 is 2.57 bits per heavy atom. The van der Waals surface area contributed by atoms with Crippen LogP contribution in [0.5, 0.6) is 5.75 Å². The number of nitrogens with one attached hydrogen (secondary N) is 1. The summed E-state index contributed by atoms with van der Waals surface area (Å²) >= 11 is 6.08. The molecule has 0 aliphatic carbocycles. The predicted molar refractivity (Wildman–Crippen MR) is 91.0 cm³/mol. The van der Waals surface area contributed by atoms with Gasteiger partial charge in [0.25, 0.3) is 0 Å². The van der Waals surface area contributed by atoms with Gasteiger partial charge in [-0.15, -0.1) is 0 Å². The van der Waals surface area contributed by atoms with E-state index in [9.17, 15) is 4.79 Å². The predicted octanol–water partition coefficient (Wildman–Crippen LogP) is 3.38. The quantitative estimate of drug-likeness (QED) is 0.851. The second-order valence-corrected chi connectivity index (χ2v) is 5.39. The van der Waals surface area contributed by atoms with Gasteiger partial charge in [-0.1, -0.05) is 29.8 Å². The first kappa shape index (κ1) is 17.1. The summed E-state index contributed by atoms with van der Waals surface area (Å²) in [6.07, 6.45) is 0. The Morgan fingerprint density at radius 1 is 1.22 bits per heavy atom. The Kier molecular flexibility index (Phi) is 6.26.